The molecule has 0 atom stereocenters. The van der Waals surface area contributed by atoms with Crippen LogP contribution in [0.3, 0.4) is 0 Å². The highest BCUT2D eigenvalue weighted by Gasteiger charge is 1.96. The van der Waals surface area contributed by atoms with E-state index in [1.165, 1.54) is 32.1 Å². The molecule has 0 aromatic carbocycles. The SMILES string of the molecule is [2H]C([2H])(CCCCCCCCCC/C=C\C/C=C\C/C=C\C/C=C\C/C=C\C/C=C\CC)CC(=O)O. The van der Waals surface area contributed by atoms with Crippen LogP contribution in [-0.4, -0.2) is 11.1 Å². The van der Waals surface area contributed by atoms with E-state index in [-0.39, 0.29) is 6.42 Å². The minimum atomic E-state index is -1.56. The summed E-state index contributed by atoms with van der Waals surface area (Å²) in [5, 5.41) is 8.70. The van der Waals surface area contributed by atoms with Crippen molar-refractivity contribution in [3.8, 4) is 0 Å². The van der Waals surface area contributed by atoms with Gasteiger partial charge in [-0.2, -0.15) is 0 Å². The Hall–Kier alpha value is -2.09. The van der Waals surface area contributed by atoms with Crippen molar-refractivity contribution in [1.29, 1.82) is 0 Å². The van der Waals surface area contributed by atoms with E-state index in [9.17, 15) is 4.79 Å². The highest BCUT2D eigenvalue weighted by Crippen LogP contribution is 2.12. The third-order valence-corrected chi connectivity index (χ3v) is 5.35. The van der Waals surface area contributed by atoms with Gasteiger partial charge in [0.2, 0.25) is 0 Å². The zero-order valence-corrected chi connectivity index (χ0v) is 21.8. The molecule has 0 heterocycles. The van der Waals surface area contributed by atoms with Gasteiger partial charge in [-0.1, -0.05) is 131 Å². The molecule has 2 heteroatoms. The molecular formula is C32H52O2. The van der Waals surface area contributed by atoms with E-state index in [2.05, 4.69) is 79.8 Å². The minimum absolute atomic E-state index is 0.352. The van der Waals surface area contributed by atoms with Gasteiger partial charge in [-0.05, 0) is 57.7 Å². The van der Waals surface area contributed by atoms with E-state index < -0.39 is 12.3 Å². The van der Waals surface area contributed by atoms with Crippen LogP contribution < -0.4 is 0 Å². The summed E-state index contributed by atoms with van der Waals surface area (Å²) in [5.74, 6) is -1.05. The summed E-state index contributed by atoms with van der Waals surface area (Å²) in [4.78, 5) is 10.6. The zero-order chi connectivity index (χ0) is 26.6. The monoisotopic (exact) mass is 470 g/mol. The number of unbranched alkanes of at least 4 members (excludes halogenated alkanes) is 8. The van der Waals surface area contributed by atoms with E-state index in [0.29, 0.717) is 6.42 Å². The second kappa shape index (κ2) is 28.9. The van der Waals surface area contributed by atoms with Crippen molar-refractivity contribution >= 4 is 5.97 Å². The van der Waals surface area contributed by atoms with Gasteiger partial charge < -0.3 is 5.11 Å². The standard InChI is InChI=1S/C32H52O2/c1-2-3-4-5-6-7-8-9-10-11-12-13-14-15-16-17-18-19-20-21-22-23-24-25-26-27-28-29-30-31-32(33)34/h3-4,6-7,9-10,12-13,15-16,18-19H,2,5,8,11,14,17,20-31H2,1H3,(H,33,34)/b4-3-,7-6-,10-9-,13-12-,16-15-,19-18-/i30D2. The molecule has 0 aliphatic carbocycles. The summed E-state index contributed by atoms with van der Waals surface area (Å²) >= 11 is 0. The van der Waals surface area contributed by atoms with E-state index in [1.54, 1.807) is 0 Å². The van der Waals surface area contributed by atoms with Crippen molar-refractivity contribution in [2.75, 3.05) is 0 Å². The van der Waals surface area contributed by atoms with Gasteiger partial charge in [0.15, 0.2) is 0 Å². The van der Waals surface area contributed by atoms with Crippen LogP contribution in [0.25, 0.3) is 0 Å². The number of hydrogen-bond acceptors (Lipinski definition) is 1. The molecule has 0 spiro atoms. The van der Waals surface area contributed by atoms with Gasteiger partial charge >= 0.3 is 5.97 Å². The number of carboxylic acids is 1. The van der Waals surface area contributed by atoms with Crippen molar-refractivity contribution in [2.45, 2.75) is 122 Å². The first-order valence-corrected chi connectivity index (χ1v) is 13.6. The summed E-state index contributed by atoms with van der Waals surface area (Å²) in [7, 11) is 0. The third kappa shape index (κ3) is 29.9. The first kappa shape index (κ1) is 28.1. The summed E-state index contributed by atoms with van der Waals surface area (Å²) in [6, 6.07) is 0. The van der Waals surface area contributed by atoms with Gasteiger partial charge in [0.1, 0.15) is 0 Å². The quantitative estimate of drug-likeness (QED) is 0.112. The fourth-order valence-corrected chi connectivity index (χ4v) is 3.41. The maximum Gasteiger partial charge on any atom is 0.303 e. The second-order valence-electron chi connectivity index (χ2n) is 8.60. The summed E-state index contributed by atoms with van der Waals surface area (Å²) < 4.78 is 15.3. The molecule has 0 rings (SSSR count). The van der Waals surface area contributed by atoms with E-state index in [1.807, 2.05) is 0 Å². The Morgan fingerprint density at radius 3 is 1.32 bits per heavy atom. The van der Waals surface area contributed by atoms with Gasteiger partial charge in [-0.3, -0.25) is 4.79 Å². The lowest BCUT2D eigenvalue weighted by Crippen LogP contribution is -1.93. The molecule has 0 bridgehead atoms. The van der Waals surface area contributed by atoms with Crippen LogP contribution in [0.4, 0.5) is 0 Å². The molecule has 0 fully saturated rings. The molecule has 0 aliphatic rings. The maximum absolute atomic E-state index is 10.6. The average molecular weight is 471 g/mol. The fourth-order valence-electron chi connectivity index (χ4n) is 3.41. The number of allylic oxidation sites excluding steroid dienone is 12. The van der Waals surface area contributed by atoms with Crippen LogP contribution >= 0.6 is 0 Å². The third-order valence-electron chi connectivity index (χ3n) is 5.35. The molecule has 192 valence electrons. The Morgan fingerprint density at radius 2 is 0.912 bits per heavy atom. The lowest BCUT2D eigenvalue weighted by atomic mass is 10.1. The van der Waals surface area contributed by atoms with Gasteiger partial charge in [-0.25, -0.2) is 0 Å². The first-order chi connectivity index (χ1) is 17.5. The average Bonchev–Trinajstić information content (AvgIpc) is 2.82. The molecule has 0 aliphatic heterocycles. The smallest absolute Gasteiger partial charge is 0.303 e. The van der Waals surface area contributed by atoms with Gasteiger partial charge in [0.25, 0.3) is 0 Å². The fraction of sp³-hybridized carbons (Fsp3) is 0.594. The van der Waals surface area contributed by atoms with E-state index in [0.717, 1.165) is 64.2 Å². The molecule has 34 heavy (non-hydrogen) atoms. The van der Waals surface area contributed by atoms with Crippen molar-refractivity contribution in [3.63, 3.8) is 0 Å². The normalized spacial score (nSPS) is 14.0. The molecule has 0 saturated carbocycles. The Labute approximate surface area is 214 Å². The molecule has 0 amide bonds. The largest absolute Gasteiger partial charge is 0.481 e. The molecule has 2 nitrogen and oxygen atoms in total. The number of aliphatic carboxylic acids is 1. The van der Waals surface area contributed by atoms with Gasteiger partial charge in [0, 0.05) is 9.16 Å². The summed E-state index contributed by atoms with van der Waals surface area (Å²) in [6.07, 6.45) is 41.7. The molecule has 0 aromatic heterocycles. The Balaban J connectivity index is 3.45. The molecule has 1 N–H and O–H groups in total. The molecule has 0 aromatic rings. The second-order valence-corrected chi connectivity index (χ2v) is 8.60. The van der Waals surface area contributed by atoms with Crippen LogP contribution in [0.5, 0.6) is 0 Å². The maximum atomic E-state index is 10.6. The van der Waals surface area contributed by atoms with Crippen molar-refractivity contribution in [1.82, 2.24) is 0 Å². The topological polar surface area (TPSA) is 37.3 Å². The lowest BCUT2D eigenvalue weighted by molar-refractivity contribution is -0.137. The Bertz CT molecular complexity index is 684. The van der Waals surface area contributed by atoms with Crippen LogP contribution in [-0.2, 0) is 4.79 Å². The predicted molar refractivity (Wildman–Crippen MR) is 151 cm³/mol. The van der Waals surface area contributed by atoms with Crippen molar-refractivity contribution < 1.29 is 12.6 Å². The zero-order valence-electron chi connectivity index (χ0n) is 23.8. The molecular weight excluding hydrogens is 416 g/mol. The number of rotatable bonds is 24. The van der Waals surface area contributed by atoms with Gasteiger partial charge in [0.05, 0.1) is 0 Å². The lowest BCUT2D eigenvalue weighted by Gasteiger charge is -2.01. The molecule has 0 saturated heterocycles. The van der Waals surface area contributed by atoms with Crippen LogP contribution in [0.2, 0.25) is 0 Å². The number of carboxylic acid groups (broad SMARTS) is 1. The van der Waals surface area contributed by atoms with E-state index in [4.69, 9.17) is 7.85 Å². The highest BCUT2D eigenvalue weighted by molar-refractivity contribution is 5.66. The minimum Gasteiger partial charge on any atom is -0.481 e. The number of carbonyl (C=O) groups is 1. The van der Waals surface area contributed by atoms with Gasteiger partial charge in [-0.15, -0.1) is 0 Å². The first-order valence-electron chi connectivity index (χ1n) is 14.6. The van der Waals surface area contributed by atoms with Crippen LogP contribution in [0.15, 0.2) is 72.9 Å². The predicted octanol–water partition coefficient (Wildman–Crippen LogP) is 10.4. The number of hydrogen-bond donors (Lipinski definition) is 1. The van der Waals surface area contributed by atoms with Crippen molar-refractivity contribution in [2.24, 2.45) is 0 Å². The Kier molecular flexibility index (Phi) is 24.0. The molecule has 0 radical (unpaired) electrons. The highest BCUT2D eigenvalue weighted by atomic mass is 16.4. The van der Waals surface area contributed by atoms with Crippen LogP contribution in [0, 0.1) is 0 Å². The summed E-state index contributed by atoms with van der Waals surface area (Å²) in [5.41, 5.74) is 0. The molecule has 0 unspecified atom stereocenters. The van der Waals surface area contributed by atoms with Crippen molar-refractivity contribution in [3.05, 3.63) is 72.9 Å². The van der Waals surface area contributed by atoms with Crippen LogP contribution in [0.1, 0.15) is 125 Å². The van der Waals surface area contributed by atoms with E-state index >= 15 is 0 Å². The Morgan fingerprint density at radius 1 is 0.559 bits per heavy atom. The summed E-state index contributed by atoms with van der Waals surface area (Å²) in [6.45, 7) is 2.16.